The molecule has 1 aromatic carbocycles. The van der Waals surface area contributed by atoms with Crippen LogP contribution in [0.15, 0.2) is 24.3 Å². The number of nitrogens with one attached hydrogen (secondary N) is 1. The highest BCUT2D eigenvalue weighted by Crippen LogP contribution is 2.22. The fraction of sp³-hybridized carbons (Fsp3) is 0.500. The molecule has 0 aromatic heterocycles. The van der Waals surface area contributed by atoms with Crippen molar-refractivity contribution in [3.63, 3.8) is 0 Å². The number of nitrogens with two attached hydrogens (primary N) is 1. The van der Waals surface area contributed by atoms with E-state index < -0.39 is 0 Å². The number of carbonyl (C=O) groups is 1. The van der Waals surface area contributed by atoms with Crippen LogP contribution in [0.2, 0.25) is 0 Å². The molecule has 0 spiro atoms. The molecule has 19 heavy (non-hydrogen) atoms. The highest BCUT2D eigenvalue weighted by molar-refractivity contribution is 7.99. The molecular formula is C14H20N2O2S. The summed E-state index contributed by atoms with van der Waals surface area (Å²) in [5, 5.41) is 3.53. The maximum absolute atomic E-state index is 10.6. The van der Waals surface area contributed by atoms with Crippen LogP contribution in [0.5, 0.6) is 5.75 Å². The van der Waals surface area contributed by atoms with Crippen molar-refractivity contribution < 1.29 is 9.53 Å². The van der Waals surface area contributed by atoms with Gasteiger partial charge in [-0.3, -0.25) is 4.79 Å². The fourth-order valence-corrected chi connectivity index (χ4v) is 3.08. The van der Waals surface area contributed by atoms with Crippen LogP contribution in [0.1, 0.15) is 19.3 Å². The van der Waals surface area contributed by atoms with Gasteiger partial charge in [0, 0.05) is 17.5 Å². The van der Waals surface area contributed by atoms with Crippen LogP contribution in [-0.4, -0.2) is 30.1 Å². The topological polar surface area (TPSA) is 64.4 Å². The van der Waals surface area contributed by atoms with Gasteiger partial charge in [0.05, 0.1) is 13.0 Å². The molecule has 4 nitrogen and oxygen atoms in total. The molecule has 1 fully saturated rings. The monoisotopic (exact) mass is 280 g/mol. The zero-order chi connectivity index (χ0) is 13.5. The summed E-state index contributed by atoms with van der Waals surface area (Å²) >= 11 is 2.01. The SMILES string of the molecule is NC(=O)CCOc1ccc(NC2CCCSC2)cc1. The van der Waals surface area contributed by atoms with Crippen molar-refractivity contribution in [2.24, 2.45) is 5.73 Å². The quantitative estimate of drug-likeness (QED) is 0.839. The second-order valence-corrected chi connectivity index (χ2v) is 5.80. The third-order valence-corrected chi connectivity index (χ3v) is 4.22. The van der Waals surface area contributed by atoms with E-state index in [9.17, 15) is 4.79 Å². The van der Waals surface area contributed by atoms with Crippen LogP contribution < -0.4 is 15.8 Å². The Bertz CT molecular complexity index is 402. The van der Waals surface area contributed by atoms with Gasteiger partial charge in [0.1, 0.15) is 5.75 Å². The van der Waals surface area contributed by atoms with Gasteiger partial charge in [0.2, 0.25) is 5.91 Å². The smallest absolute Gasteiger partial charge is 0.220 e. The summed E-state index contributed by atoms with van der Waals surface area (Å²) in [5.41, 5.74) is 6.17. The lowest BCUT2D eigenvalue weighted by Crippen LogP contribution is -2.25. The van der Waals surface area contributed by atoms with Crippen LogP contribution in [0, 0.1) is 0 Å². The van der Waals surface area contributed by atoms with Gasteiger partial charge in [0.25, 0.3) is 0 Å². The molecule has 3 N–H and O–H groups in total. The van der Waals surface area contributed by atoms with Gasteiger partial charge in [-0.05, 0) is 42.9 Å². The lowest BCUT2D eigenvalue weighted by atomic mass is 10.1. The van der Waals surface area contributed by atoms with Crippen molar-refractivity contribution in [1.82, 2.24) is 0 Å². The van der Waals surface area contributed by atoms with Crippen molar-refractivity contribution in [2.45, 2.75) is 25.3 Å². The fourth-order valence-electron chi connectivity index (χ4n) is 2.01. The van der Waals surface area contributed by atoms with Crippen molar-refractivity contribution in [3.8, 4) is 5.75 Å². The molecule has 0 saturated carbocycles. The van der Waals surface area contributed by atoms with E-state index in [0.29, 0.717) is 12.6 Å². The maximum atomic E-state index is 10.6. The number of rotatable bonds is 6. The maximum Gasteiger partial charge on any atom is 0.220 e. The molecule has 1 saturated heterocycles. The molecule has 1 unspecified atom stereocenters. The zero-order valence-corrected chi connectivity index (χ0v) is 11.7. The first-order chi connectivity index (χ1) is 9.24. The third kappa shape index (κ3) is 5.03. The van der Waals surface area contributed by atoms with Gasteiger partial charge in [-0.2, -0.15) is 11.8 Å². The number of hydrogen-bond donors (Lipinski definition) is 2. The van der Waals surface area contributed by atoms with Crippen LogP contribution >= 0.6 is 11.8 Å². The van der Waals surface area contributed by atoms with Crippen molar-refractivity contribution in [1.29, 1.82) is 0 Å². The molecule has 1 atom stereocenters. The summed E-state index contributed by atoms with van der Waals surface area (Å²) in [7, 11) is 0. The second kappa shape index (κ2) is 7.28. The van der Waals surface area contributed by atoms with Gasteiger partial charge >= 0.3 is 0 Å². The highest BCUT2D eigenvalue weighted by Gasteiger charge is 2.12. The molecular weight excluding hydrogens is 260 g/mol. The van der Waals surface area contributed by atoms with Crippen molar-refractivity contribution in [3.05, 3.63) is 24.3 Å². The standard InChI is InChI=1S/C14H20N2O2S/c15-14(17)7-8-18-13-5-3-11(4-6-13)16-12-2-1-9-19-10-12/h3-6,12,16H,1-2,7-10H2,(H2,15,17). The van der Waals surface area contributed by atoms with Gasteiger partial charge < -0.3 is 15.8 Å². The Balaban J connectivity index is 1.78. The molecule has 104 valence electrons. The highest BCUT2D eigenvalue weighted by atomic mass is 32.2. The Morgan fingerprint density at radius 2 is 2.21 bits per heavy atom. The molecule has 2 rings (SSSR count). The van der Waals surface area contributed by atoms with Crippen LogP contribution in [-0.2, 0) is 4.79 Å². The minimum atomic E-state index is -0.340. The van der Waals surface area contributed by atoms with E-state index in [-0.39, 0.29) is 12.3 Å². The van der Waals surface area contributed by atoms with E-state index >= 15 is 0 Å². The molecule has 1 aliphatic heterocycles. The van der Waals surface area contributed by atoms with Crippen LogP contribution in [0.3, 0.4) is 0 Å². The van der Waals surface area contributed by atoms with E-state index in [2.05, 4.69) is 5.32 Å². The van der Waals surface area contributed by atoms with E-state index in [1.165, 1.54) is 24.3 Å². The summed E-state index contributed by atoms with van der Waals surface area (Å²) < 4.78 is 5.43. The number of hydrogen-bond acceptors (Lipinski definition) is 4. The molecule has 1 aromatic rings. The average molecular weight is 280 g/mol. The van der Waals surface area contributed by atoms with E-state index in [0.717, 1.165) is 11.4 Å². The van der Waals surface area contributed by atoms with Crippen LogP contribution in [0.25, 0.3) is 0 Å². The average Bonchev–Trinajstić information content (AvgIpc) is 2.42. The predicted octanol–water partition coefficient (Wildman–Crippen LogP) is 2.25. The lowest BCUT2D eigenvalue weighted by Gasteiger charge is -2.23. The molecule has 1 amide bonds. The number of thioether (sulfide) groups is 1. The van der Waals surface area contributed by atoms with Crippen LogP contribution in [0.4, 0.5) is 5.69 Å². The largest absolute Gasteiger partial charge is 0.493 e. The molecule has 1 heterocycles. The van der Waals surface area contributed by atoms with Gasteiger partial charge in [-0.15, -0.1) is 0 Å². The molecule has 0 bridgehead atoms. The molecule has 5 heteroatoms. The Kier molecular flexibility index (Phi) is 5.39. The number of amides is 1. The molecule has 0 radical (unpaired) electrons. The Morgan fingerprint density at radius 1 is 1.42 bits per heavy atom. The lowest BCUT2D eigenvalue weighted by molar-refractivity contribution is -0.118. The first kappa shape index (κ1) is 14.1. The minimum absolute atomic E-state index is 0.249. The second-order valence-electron chi connectivity index (χ2n) is 4.65. The Labute approximate surface area is 118 Å². The van der Waals surface area contributed by atoms with Crippen molar-refractivity contribution in [2.75, 3.05) is 23.4 Å². The number of benzene rings is 1. The zero-order valence-electron chi connectivity index (χ0n) is 10.9. The summed E-state index contributed by atoms with van der Waals surface area (Å²) in [6.45, 7) is 0.335. The van der Waals surface area contributed by atoms with E-state index in [1.807, 2.05) is 36.0 Å². The first-order valence-corrected chi connectivity index (χ1v) is 7.75. The van der Waals surface area contributed by atoms with Gasteiger partial charge in [-0.25, -0.2) is 0 Å². The Hall–Kier alpha value is -1.36. The normalized spacial score (nSPS) is 18.8. The number of ether oxygens (including phenoxy) is 1. The van der Waals surface area contributed by atoms with E-state index in [4.69, 9.17) is 10.5 Å². The molecule has 0 aliphatic carbocycles. The van der Waals surface area contributed by atoms with Gasteiger partial charge in [-0.1, -0.05) is 0 Å². The number of anilines is 1. The molecule has 1 aliphatic rings. The summed E-state index contributed by atoms with van der Waals surface area (Å²) in [4.78, 5) is 10.6. The minimum Gasteiger partial charge on any atom is -0.493 e. The number of carbonyl (C=O) groups excluding carboxylic acids is 1. The third-order valence-electron chi connectivity index (χ3n) is 3.00. The van der Waals surface area contributed by atoms with Gasteiger partial charge in [0.15, 0.2) is 0 Å². The van der Waals surface area contributed by atoms with E-state index in [1.54, 1.807) is 0 Å². The predicted molar refractivity (Wildman–Crippen MR) is 79.7 cm³/mol. The summed E-state index contributed by atoms with van der Waals surface area (Å²) in [6, 6.07) is 8.43. The summed E-state index contributed by atoms with van der Waals surface area (Å²) in [6.07, 6.45) is 2.78. The Morgan fingerprint density at radius 3 is 2.84 bits per heavy atom. The first-order valence-electron chi connectivity index (χ1n) is 6.59. The summed E-state index contributed by atoms with van der Waals surface area (Å²) in [5.74, 6) is 2.89. The van der Waals surface area contributed by atoms with Crippen molar-refractivity contribution >= 4 is 23.4 Å². The number of primary amides is 1.